The monoisotopic (exact) mass is 327 g/mol. The highest BCUT2D eigenvalue weighted by Crippen LogP contribution is 2.27. The number of nitrogens with zero attached hydrogens (tertiary/aromatic N) is 2. The molecule has 1 aromatic heterocycles. The molecular weight excluding hydrogens is 306 g/mol. The van der Waals surface area contributed by atoms with Crippen molar-refractivity contribution in [1.29, 1.82) is 0 Å². The van der Waals surface area contributed by atoms with Gasteiger partial charge in [0.25, 0.3) is 5.91 Å². The summed E-state index contributed by atoms with van der Waals surface area (Å²) in [7, 11) is 3.15. The van der Waals surface area contributed by atoms with Crippen LogP contribution in [-0.2, 0) is 0 Å². The Morgan fingerprint density at radius 3 is 2.88 bits per heavy atom. The molecule has 0 radical (unpaired) electrons. The van der Waals surface area contributed by atoms with Crippen LogP contribution in [0, 0.1) is 0 Å². The van der Waals surface area contributed by atoms with Crippen LogP contribution in [-0.4, -0.2) is 49.1 Å². The number of likely N-dealkylation sites (tertiary alicyclic amines) is 1. The average molecular weight is 327 g/mol. The number of benzene rings is 1. The average Bonchev–Trinajstić information content (AvgIpc) is 3.09. The lowest BCUT2D eigenvalue weighted by Crippen LogP contribution is -2.31. The number of carbonyl (C=O) groups excluding carboxylic acids is 1. The fourth-order valence-electron chi connectivity index (χ4n) is 2.89. The minimum atomic E-state index is -0.0232. The highest BCUT2D eigenvalue weighted by molar-refractivity contribution is 5.97. The summed E-state index contributed by atoms with van der Waals surface area (Å²) in [6.07, 6.45) is 4.43. The molecule has 1 fully saturated rings. The Balaban J connectivity index is 1.68. The van der Waals surface area contributed by atoms with E-state index in [-0.39, 0.29) is 11.9 Å². The maximum absolute atomic E-state index is 12.8. The van der Waals surface area contributed by atoms with Crippen molar-refractivity contribution >= 4 is 11.6 Å². The molecule has 6 heteroatoms. The molecule has 1 saturated heterocycles. The molecule has 1 unspecified atom stereocenters. The molecule has 1 amide bonds. The molecule has 1 N–H and O–H groups in total. The Hall–Kier alpha value is -2.76. The van der Waals surface area contributed by atoms with Crippen LogP contribution >= 0.6 is 0 Å². The van der Waals surface area contributed by atoms with Gasteiger partial charge in [0, 0.05) is 37.6 Å². The Morgan fingerprint density at radius 2 is 2.17 bits per heavy atom. The van der Waals surface area contributed by atoms with Crippen molar-refractivity contribution in [2.45, 2.75) is 12.5 Å². The van der Waals surface area contributed by atoms with E-state index in [0.717, 1.165) is 12.1 Å². The van der Waals surface area contributed by atoms with Gasteiger partial charge in [0.1, 0.15) is 11.5 Å². The number of nitrogens with one attached hydrogen (secondary N) is 1. The van der Waals surface area contributed by atoms with Crippen LogP contribution in [0.5, 0.6) is 11.5 Å². The van der Waals surface area contributed by atoms with E-state index in [1.807, 2.05) is 17.0 Å². The first-order chi connectivity index (χ1) is 11.7. The molecule has 1 atom stereocenters. The van der Waals surface area contributed by atoms with Crippen LogP contribution in [0.15, 0.2) is 42.7 Å². The number of anilines is 1. The van der Waals surface area contributed by atoms with Crippen molar-refractivity contribution in [2.75, 3.05) is 32.6 Å². The third kappa shape index (κ3) is 3.42. The number of hydrogen-bond donors (Lipinski definition) is 1. The molecule has 1 aliphatic rings. The van der Waals surface area contributed by atoms with Crippen molar-refractivity contribution in [3.05, 3.63) is 48.3 Å². The van der Waals surface area contributed by atoms with Crippen molar-refractivity contribution < 1.29 is 14.3 Å². The maximum Gasteiger partial charge on any atom is 0.257 e. The number of hydrogen-bond acceptors (Lipinski definition) is 5. The maximum atomic E-state index is 12.8. The van der Waals surface area contributed by atoms with Gasteiger partial charge in [-0.3, -0.25) is 9.78 Å². The minimum absolute atomic E-state index is 0.0232. The molecule has 126 valence electrons. The van der Waals surface area contributed by atoms with Crippen LogP contribution in [0.1, 0.15) is 16.8 Å². The Labute approximate surface area is 141 Å². The fourth-order valence-corrected chi connectivity index (χ4v) is 2.89. The van der Waals surface area contributed by atoms with Gasteiger partial charge in [-0.05, 0) is 30.7 Å². The normalized spacial score (nSPS) is 16.8. The molecule has 1 aromatic carbocycles. The molecule has 0 saturated carbocycles. The van der Waals surface area contributed by atoms with E-state index in [4.69, 9.17) is 9.47 Å². The third-order valence-corrected chi connectivity index (χ3v) is 4.15. The Bertz CT molecular complexity index is 706. The molecule has 24 heavy (non-hydrogen) atoms. The van der Waals surface area contributed by atoms with Crippen LogP contribution in [0.4, 0.5) is 5.69 Å². The van der Waals surface area contributed by atoms with E-state index in [1.54, 1.807) is 44.8 Å². The zero-order valence-corrected chi connectivity index (χ0v) is 13.9. The van der Waals surface area contributed by atoms with Gasteiger partial charge >= 0.3 is 0 Å². The zero-order chi connectivity index (χ0) is 16.9. The van der Waals surface area contributed by atoms with Gasteiger partial charge in [0.2, 0.25) is 0 Å². The molecule has 0 aliphatic carbocycles. The zero-order valence-electron chi connectivity index (χ0n) is 13.9. The first-order valence-electron chi connectivity index (χ1n) is 7.89. The van der Waals surface area contributed by atoms with E-state index in [2.05, 4.69) is 10.3 Å². The van der Waals surface area contributed by atoms with Gasteiger partial charge in [-0.1, -0.05) is 0 Å². The highest BCUT2D eigenvalue weighted by atomic mass is 16.5. The first kappa shape index (κ1) is 16.1. The summed E-state index contributed by atoms with van der Waals surface area (Å²) < 4.78 is 10.5. The molecule has 0 spiro atoms. The molecule has 2 aromatic rings. The van der Waals surface area contributed by atoms with E-state index in [1.165, 1.54) is 0 Å². The largest absolute Gasteiger partial charge is 0.497 e. The van der Waals surface area contributed by atoms with Crippen molar-refractivity contribution in [2.24, 2.45) is 0 Å². The Kier molecular flexibility index (Phi) is 4.84. The Morgan fingerprint density at radius 1 is 1.29 bits per heavy atom. The second-order valence-corrected chi connectivity index (χ2v) is 5.69. The molecule has 1 aliphatic heterocycles. The number of ether oxygens (including phenoxy) is 2. The van der Waals surface area contributed by atoms with Crippen LogP contribution in [0.2, 0.25) is 0 Å². The lowest BCUT2D eigenvalue weighted by atomic mass is 10.1. The van der Waals surface area contributed by atoms with Gasteiger partial charge in [-0.25, -0.2) is 0 Å². The van der Waals surface area contributed by atoms with Gasteiger partial charge in [-0.2, -0.15) is 0 Å². The number of methoxy groups -OCH3 is 2. The number of rotatable bonds is 5. The van der Waals surface area contributed by atoms with Crippen molar-refractivity contribution in [3.63, 3.8) is 0 Å². The van der Waals surface area contributed by atoms with Crippen molar-refractivity contribution in [3.8, 4) is 11.5 Å². The molecule has 2 heterocycles. The predicted octanol–water partition coefficient (Wildman–Crippen LogP) is 2.43. The van der Waals surface area contributed by atoms with Gasteiger partial charge in [-0.15, -0.1) is 0 Å². The topological polar surface area (TPSA) is 63.7 Å². The van der Waals surface area contributed by atoms with E-state index in [0.29, 0.717) is 30.2 Å². The quantitative estimate of drug-likeness (QED) is 0.914. The standard InChI is InChI=1S/C18H21N3O3/c1-23-15-5-6-16(17(10-15)24-2)18(22)21-9-7-14(12-21)20-13-4-3-8-19-11-13/h3-6,8,10-11,14,20H,7,9,12H2,1-2H3. The molecule has 3 rings (SSSR count). The van der Waals surface area contributed by atoms with Crippen molar-refractivity contribution in [1.82, 2.24) is 9.88 Å². The summed E-state index contributed by atoms with van der Waals surface area (Å²) in [5.74, 6) is 1.17. The second-order valence-electron chi connectivity index (χ2n) is 5.69. The second kappa shape index (κ2) is 7.21. The molecular formula is C18H21N3O3. The van der Waals surface area contributed by atoms with Gasteiger partial charge in [0.15, 0.2) is 0 Å². The van der Waals surface area contributed by atoms with Crippen LogP contribution in [0.3, 0.4) is 0 Å². The number of aromatic nitrogens is 1. The van der Waals surface area contributed by atoms with E-state index < -0.39 is 0 Å². The third-order valence-electron chi connectivity index (χ3n) is 4.15. The summed E-state index contributed by atoms with van der Waals surface area (Å²) in [5, 5.41) is 3.42. The summed E-state index contributed by atoms with van der Waals surface area (Å²) in [5.41, 5.74) is 1.53. The van der Waals surface area contributed by atoms with E-state index >= 15 is 0 Å². The lowest BCUT2D eigenvalue weighted by Gasteiger charge is -2.19. The molecule has 0 bridgehead atoms. The lowest BCUT2D eigenvalue weighted by molar-refractivity contribution is 0.0788. The highest BCUT2D eigenvalue weighted by Gasteiger charge is 2.28. The fraction of sp³-hybridized carbons (Fsp3) is 0.333. The summed E-state index contributed by atoms with van der Waals surface area (Å²) in [6, 6.07) is 9.35. The smallest absolute Gasteiger partial charge is 0.257 e. The summed E-state index contributed by atoms with van der Waals surface area (Å²) in [4.78, 5) is 18.7. The van der Waals surface area contributed by atoms with Gasteiger partial charge in [0.05, 0.1) is 25.5 Å². The number of amides is 1. The minimum Gasteiger partial charge on any atom is -0.497 e. The number of pyridine rings is 1. The predicted molar refractivity (Wildman–Crippen MR) is 91.7 cm³/mol. The molecule has 6 nitrogen and oxygen atoms in total. The number of carbonyl (C=O) groups is 1. The summed E-state index contributed by atoms with van der Waals surface area (Å²) in [6.45, 7) is 1.37. The first-order valence-corrected chi connectivity index (χ1v) is 7.89. The van der Waals surface area contributed by atoms with E-state index in [9.17, 15) is 4.79 Å². The van der Waals surface area contributed by atoms with Crippen LogP contribution in [0.25, 0.3) is 0 Å². The summed E-state index contributed by atoms with van der Waals surface area (Å²) >= 11 is 0. The van der Waals surface area contributed by atoms with Crippen LogP contribution < -0.4 is 14.8 Å². The SMILES string of the molecule is COc1ccc(C(=O)N2CCC(Nc3cccnc3)C2)c(OC)c1. The van der Waals surface area contributed by atoms with Gasteiger partial charge < -0.3 is 19.7 Å².